The van der Waals surface area contributed by atoms with Crippen molar-refractivity contribution < 1.29 is 13.9 Å². The van der Waals surface area contributed by atoms with Crippen LogP contribution in [-0.4, -0.2) is 30.6 Å². The summed E-state index contributed by atoms with van der Waals surface area (Å²) in [7, 11) is 0. The van der Waals surface area contributed by atoms with E-state index < -0.39 is 0 Å². The number of hydrogen-bond acceptors (Lipinski definition) is 4. The Hall–Kier alpha value is -1.29. The maximum absolute atomic E-state index is 11.7. The summed E-state index contributed by atoms with van der Waals surface area (Å²) in [4.78, 5) is 13.9. The lowest BCUT2D eigenvalue weighted by Crippen LogP contribution is -2.38. The standard InChI is InChI=1S/C13H19NO3/c1-2-16-13(15)11-5-3-7-14(9-11)10-12-6-4-8-17-12/h4,6,8,11H,2-3,5,7,9-10H2,1H3/t11-/m0/s1. The zero-order valence-corrected chi connectivity index (χ0v) is 10.2. The summed E-state index contributed by atoms with van der Waals surface area (Å²) >= 11 is 0. The molecule has 1 aliphatic heterocycles. The van der Waals surface area contributed by atoms with Crippen molar-refractivity contribution in [2.75, 3.05) is 19.7 Å². The van der Waals surface area contributed by atoms with Gasteiger partial charge in [-0.1, -0.05) is 0 Å². The van der Waals surface area contributed by atoms with E-state index in [0.717, 1.165) is 38.2 Å². The molecule has 4 nitrogen and oxygen atoms in total. The van der Waals surface area contributed by atoms with E-state index in [1.807, 2.05) is 19.1 Å². The summed E-state index contributed by atoms with van der Waals surface area (Å²) in [5, 5.41) is 0. The van der Waals surface area contributed by atoms with E-state index in [1.54, 1.807) is 6.26 Å². The Balaban J connectivity index is 1.86. The third-order valence-corrected chi connectivity index (χ3v) is 3.08. The minimum absolute atomic E-state index is 0.0265. The highest BCUT2D eigenvalue weighted by Gasteiger charge is 2.26. The highest BCUT2D eigenvalue weighted by atomic mass is 16.5. The zero-order chi connectivity index (χ0) is 12.1. The fourth-order valence-electron chi connectivity index (χ4n) is 2.27. The van der Waals surface area contributed by atoms with Crippen molar-refractivity contribution in [3.63, 3.8) is 0 Å². The van der Waals surface area contributed by atoms with Crippen molar-refractivity contribution in [2.24, 2.45) is 5.92 Å². The molecule has 0 amide bonds. The third-order valence-electron chi connectivity index (χ3n) is 3.08. The Morgan fingerprint density at radius 1 is 1.65 bits per heavy atom. The van der Waals surface area contributed by atoms with Gasteiger partial charge in [-0.05, 0) is 38.4 Å². The third kappa shape index (κ3) is 3.33. The molecule has 0 saturated carbocycles. The number of likely N-dealkylation sites (tertiary alicyclic amines) is 1. The van der Waals surface area contributed by atoms with E-state index >= 15 is 0 Å². The van der Waals surface area contributed by atoms with Gasteiger partial charge in [-0.3, -0.25) is 9.69 Å². The molecule has 1 aromatic rings. The van der Waals surface area contributed by atoms with Crippen LogP contribution in [0, 0.1) is 5.92 Å². The highest BCUT2D eigenvalue weighted by Crippen LogP contribution is 2.19. The Morgan fingerprint density at radius 3 is 3.24 bits per heavy atom. The molecular formula is C13H19NO3. The van der Waals surface area contributed by atoms with Crippen molar-refractivity contribution in [1.82, 2.24) is 4.90 Å². The van der Waals surface area contributed by atoms with Gasteiger partial charge in [0.25, 0.3) is 0 Å². The average molecular weight is 237 g/mol. The molecular weight excluding hydrogens is 218 g/mol. The average Bonchev–Trinajstić information content (AvgIpc) is 2.82. The maximum atomic E-state index is 11.7. The van der Waals surface area contributed by atoms with Gasteiger partial charge in [-0.25, -0.2) is 0 Å². The van der Waals surface area contributed by atoms with Gasteiger partial charge in [0.15, 0.2) is 0 Å². The molecule has 0 aromatic carbocycles. The molecule has 94 valence electrons. The van der Waals surface area contributed by atoms with Crippen LogP contribution < -0.4 is 0 Å². The van der Waals surface area contributed by atoms with Gasteiger partial charge < -0.3 is 9.15 Å². The molecule has 0 spiro atoms. The van der Waals surface area contributed by atoms with E-state index in [-0.39, 0.29) is 11.9 Å². The van der Waals surface area contributed by atoms with Crippen LogP contribution in [0.4, 0.5) is 0 Å². The van der Waals surface area contributed by atoms with Crippen molar-refractivity contribution in [1.29, 1.82) is 0 Å². The summed E-state index contributed by atoms with van der Waals surface area (Å²) < 4.78 is 10.4. The SMILES string of the molecule is CCOC(=O)[C@H]1CCCN(Cc2ccco2)C1. The second-order valence-corrected chi connectivity index (χ2v) is 4.41. The van der Waals surface area contributed by atoms with Crippen LogP contribution in [0.2, 0.25) is 0 Å². The van der Waals surface area contributed by atoms with Crippen molar-refractivity contribution >= 4 is 5.97 Å². The largest absolute Gasteiger partial charge is 0.468 e. The molecule has 0 unspecified atom stereocenters. The van der Waals surface area contributed by atoms with Gasteiger partial charge >= 0.3 is 5.97 Å². The Labute approximate surface area is 102 Å². The van der Waals surface area contributed by atoms with Crippen LogP contribution in [0.5, 0.6) is 0 Å². The van der Waals surface area contributed by atoms with Gasteiger partial charge in [-0.2, -0.15) is 0 Å². The molecule has 2 heterocycles. The number of carbonyl (C=O) groups excluding carboxylic acids is 1. The molecule has 1 saturated heterocycles. The minimum Gasteiger partial charge on any atom is -0.468 e. The highest BCUT2D eigenvalue weighted by molar-refractivity contribution is 5.72. The molecule has 0 aliphatic carbocycles. The number of nitrogens with zero attached hydrogens (tertiary/aromatic N) is 1. The van der Waals surface area contributed by atoms with E-state index in [4.69, 9.17) is 9.15 Å². The second-order valence-electron chi connectivity index (χ2n) is 4.41. The number of carbonyl (C=O) groups is 1. The van der Waals surface area contributed by atoms with E-state index in [9.17, 15) is 4.79 Å². The van der Waals surface area contributed by atoms with Gasteiger partial charge in [0, 0.05) is 6.54 Å². The Morgan fingerprint density at radius 2 is 2.53 bits per heavy atom. The molecule has 1 fully saturated rings. The van der Waals surface area contributed by atoms with E-state index in [2.05, 4.69) is 4.90 Å². The predicted octanol–water partition coefficient (Wildman–Crippen LogP) is 2.05. The quantitative estimate of drug-likeness (QED) is 0.752. The van der Waals surface area contributed by atoms with Crippen LogP contribution in [0.3, 0.4) is 0 Å². The molecule has 0 bridgehead atoms. The molecule has 2 rings (SSSR count). The molecule has 4 heteroatoms. The Kier molecular flexibility index (Phi) is 4.20. The second kappa shape index (κ2) is 5.87. The minimum atomic E-state index is -0.0587. The van der Waals surface area contributed by atoms with Gasteiger partial charge in [0.1, 0.15) is 5.76 Å². The molecule has 1 atom stereocenters. The number of rotatable bonds is 4. The van der Waals surface area contributed by atoms with Crippen LogP contribution >= 0.6 is 0 Å². The molecule has 17 heavy (non-hydrogen) atoms. The first-order chi connectivity index (χ1) is 8.29. The maximum Gasteiger partial charge on any atom is 0.310 e. The van der Waals surface area contributed by atoms with Crippen molar-refractivity contribution in [3.8, 4) is 0 Å². The van der Waals surface area contributed by atoms with Crippen LogP contribution in [0.25, 0.3) is 0 Å². The lowest BCUT2D eigenvalue weighted by atomic mass is 9.98. The first-order valence-electron chi connectivity index (χ1n) is 6.21. The number of esters is 1. The van der Waals surface area contributed by atoms with Crippen molar-refractivity contribution in [2.45, 2.75) is 26.3 Å². The van der Waals surface area contributed by atoms with E-state index in [1.165, 1.54) is 0 Å². The molecule has 1 aromatic heterocycles. The van der Waals surface area contributed by atoms with Gasteiger partial charge in [-0.15, -0.1) is 0 Å². The van der Waals surface area contributed by atoms with Crippen LogP contribution in [-0.2, 0) is 16.1 Å². The number of ether oxygens (including phenoxy) is 1. The number of piperidine rings is 1. The number of hydrogen-bond donors (Lipinski definition) is 0. The van der Waals surface area contributed by atoms with Crippen molar-refractivity contribution in [3.05, 3.63) is 24.2 Å². The Bertz CT molecular complexity index is 348. The smallest absolute Gasteiger partial charge is 0.310 e. The monoisotopic (exact) mass is 237 g/mol. The molecule has 0 N–H and O–H groups in total. The lowest BCUT2D eigenvalue weighted by Gasteiger charge is -2.30. The summed E-state index contributed by atoms with van der Waals surface area (Å²) in [5.74, 6) is 0.921. The summed E-state index contributed by atoms with van der Waals surface area (Å²) in [5.41, 5.74) is 0. The lowest BCUT2D eigenvalue weighted by molar-refractivity contribution is -0.150. The van der Waals surface area contributed by atoms with E-state index in [0.29, 0.717) is 6.61 Å². The zero-order valence-electron chi connectivity index (χ0n) is 10.2. The fourth-order valence-corrected chi connectivity index (χ4v) is 2.27. The first kappa shape index (κ1) is 12.2. The summed E-state index contributed by atoms with van der Waals surface area (Å²) in [6.07, 6.45) is 3.67. The summed E-state index contributed by atoms with van der Waals surface area (Å²) in [6, 6.07) is 3.86. The topological polar surface area (TPSA) is 42.7 Å². The van der Waals surface area contributed by atoms with Crippen LogP contribution in [0.15, 0.2) is 22.8 Å². The number of furan rings is 1. The van der Waals surface area contributed by atoms with Crippen LogP contribution in [0.1, 0.15) is 25.5 Å². The molecule has 1 aliphatic rings. The normalized spacial score (nSPS) is 21.4. The summed E-state index contributed by atoms with van der Waals surface area (Å²) in [6.45, 7) is 4.90. The fraction of sp³-hybridized carbons (Fsp3) is 0.615. The molecule has 0 radical (unpaired) electrons. The van der Waals surface area contributed by atoms with Gasteiger partial charge in [0.05, 0.1) is 25.3 Å². The predicted molar refractivity (Wildman–Crippen MR) is 63.3 cm³/mol. The van der Waals surface area contributed by atoms with Gasteiger partial charge in [0.2, 0.25) is 0 Å². The first-order valence-corrected chi connectivity index (χ1v) is 6.21.